The Hall–Kier alpha value is -3.35. The van der Waals surface area contributed by atoms with Crippen molar-refractivity contribution in [3.63, 3.8) is 0 Å². The molecule has 4 rings (SSSR count). The largest absolute Gasteiger partial charge is 0.335 e. The van der Waals surface area contributed by atoms with Crippen LogP contribution in [-0.4, -0.2) is 52.8 Å². The summed E-state index contributed by atoms with van der Waals surface area (Å²) in [6.07, 6.45) is 0. The minimum atomic E-state index is -1.05. The molecule has 0 unspecified atom stereocenters. The van der Waals surface area contributed by atoms with Gasteiger partial charge in [-0.1, -0.05) is 24.3 Å². The van der Waals surface area contributed by atoms with E-state index in [1.54, 1.807) is 11.0 Å². The summed E-state index contributed by atoms with van der Waals surface area (Å²) in [6.45, 7) is 1.33. The molecule has 5 nitrogen and oxygen atoms in total. The second-order valence-corrected chi connectivity index (χ2v) is 6.60. The number of benzene rings is 2. The number of para-hydroxylation sites is 1. The van der Waals surface area contributed by atoms with E-state index in [9.17, 15) is 18.4 Å². The molecule has 1 fully saturated rings. The molecule has 2 heterocycles. The highest BCUT2D eigenvalue weighted by Crippen LogP contribution is 2.16. The molecule has 0 saturated carbocycles. The zero-order valence-corrected chi connectivity index (χ0v) is 14.9. The number of hydrogen-bond donors (Lipinski definition) is 0. The molecule has 3 aromatic rings. The monoisotopic (exact) mass is 381 g/mol. The van der Waals surface area contributed by atoms with E-state index >= 15 is 0 Å². The van der Waals surface area contributed by atoms with Crippen LogP contribution in [0.15, 0.2) is 54.6 Å². The lowest BCUT2D eigenvalue weighted by molar-refractivity contribution is 0.0532. The number of halogens is 2. The number of carbonyl (C=O) groups is 2. The van der Waals surface area contributed by atoms with Crippen molar-refractivity contribution in [2.45, 2.75) is 0 Å². The van der Waals surface area contributed by atoms with Crippen molar-refractivity contribution in [3.8, 4) is 0 Å². The van der Waals surface area contributed by atoms with Crippen molar-refractivity contribution in [1.82, 2.24) is 14.8 Å². The summed E-state index contributed by atoms with van der Waals surface area (Å²) in [4.78, 5) is 32.8. The fraction of sp³-hybridized carbons (Fsp3) is 0.190. The van der Waals surface area contributed by atoms with Gasteiger partial charge in [-0.15, -0.1) is 0 Å². The number of rotatable bonds is 2. The van der Waals surface area contributed by atoms with Crippen LogP contribution in [0.3, 0.4) is 0 Å². The first-order chi connectivity index (χ1) is 13.5. The van der Waals surface area contributed by atoms with Crippen LogP contribution in [0.25, 0.3) is 10.9 Å². The summed E-state index contributed by atoms with van der Waals surface area (Å²) in [5.74, 6) is -2.61. The Morgan fingerprint density at radius 3 is 2.18 bits per heavy atom. The summed E-state index contributed by atoms with van der Waals surface area (Å²) in [7, 11) is 0. The maximum atomic E-state index is 13.4. The van der Waals surface area contributed by atoms with Gasteiger partial charge in [0, 0.05) is 37.1 Å². The normalized spacial score (nSPS) is 14.4. The number of fused-ring (bicyclic) bond motifs is 1. The van der Waals surface area contributed by atoms with Crippen LogP contribution < -0.4 is 0 Å². The van der Waals surface area contributed by atoms with E-state index < -0.39 is 11.6 Å². The molecule has 28 heavy (non-hydrogen) atoms. The molecule has 0 spiro atoms. The van der Waals surface area contributed by atoms with E-state index in [-0.39, 0.29) is 17.4 Å². The summed E-state index contributed by atoms with van der Waals surface area (Å²) in [5.41, 5.74) is 1.20. The van der Waals surface area contributed by atoms with Crippen LogP contribution in [-0.2, 0) is 0 Å². The van der Waals surface area contributed by atoms with Gasteiger partial charge in [0.15, 0.2) is 11.6 Å². The molecule has 0 aliphatic carbocycles. The molecule has 0 N–H and O–H groups in total. The lowest BCUT2D eigenvalue weighted by atomic mass is 10.1. The maximum absolute atomic E-state index is 13.4. The first-order valence-corrected chi connectivity index (χ1v) is 8.92. The van der Waals surface area contributed by atoms with E-state index in [0.717, 1.165) is 23.0 Å². The zero-order chi connectivity index (χ0) is 19.7. The van der Waals surface area contributed by atoms with Crippen molar-refractivity contribution < 1.29 is 18.4 Å². The number of nitrogens with zero attached hydrogens (tertiary/aromatic N) is 3. The minimum Gasteiger partial charge on any atom is -0.335 e. The predicted octanol–water partition coefficient (Wildman–Crippen LogP) is 3.11. The van der Waals surface area contributed by atoms with Crippen molar-refractivity contribution in [2.75, 3.05) is 26.2 Å². The molecular weight excluding hydrogens is 364 g/mol. The lowest BCUT2D eigenvalue weighted by Gasteiger charge is -2.34. The van der Waals surface area contributed by atoms with Gasteiger partial charge in [0.05, 0.1) is 5.52 Å². The summed E-state index contributed by atoms with van der Waals surface area (Å²) in [6, 6.07) is 14.2. The summed E-state index contributed by atoms with van der Waals surface area (Å²) >= 11 is 0. The van der Waals surface area contributed by atoms with Gasteiger partial charge in [-0.3, -0.25) is 9.59 Å². The van der Waals surface area contributed by atoms with Gasteiger partial charge in [0.2, 0.25) is 0 Å². The molecular formula is C21H17F2N3O2. The first-order valence-electron chi connectivity index (χ1n) is 8.92. The molecule has 7 heteroatoms. The second kappa shape index (κ2) is 7.34. The molecule has 2 aromatic carbocycles. The van der Waals surface area contributed by atoms with Crippen LogP contribution in [0.4, 0.5) is 8.78 Å². The van der Waals surface area contributed by atoms with Crippen molar-refractivity contribution in [1.29, 1.82) is 0 Å². The molecule has 2 amide bonds. The molecule has 0 bridgehead atoms. The van der Waals surface area contributed by atoms with Gasteiger partial charge in [-0.2, -0.15) is 0 Å². The third kappa shape index (κ3) is 3.43. The standard InChI is InChI=1S/C21H17F2N3O2/c22-16-7-5-15(13-17(16)23)20(27)25-9-11-26(12-10-25)21(28)19-8-6-14-3-1-2-4-18(14)24-19/h1-8,13H,9-12H2. The Kier molecular flexibility index (Phi) is 4.73. The number of pyridine rings is 1. The number of aromatic nitrogens is 1. The third-order valence-corrected chi connectivity index (χ3v) is 4.84. The Bertz CT molecular complexity index is 1060. The fourth-order valence-electron chi connectivity index (χ4n) is 3.27. The molecule has 1 aromatic heterocycles. The average molecular weight is 381 g/mol. The van der Waals surface area contributed by atoms with E-state index in [1.807, 2.05) is 30.3 Å². The smallest absolute Gasteiger partial charge is 0.272 e. The second-order valence-electron chi connectivity index (χ2n) is 6.60. The van der Waals surface area contributed by atoms with Gasteiger partial charge in [-0.05, 0) is 30.3 Å². The Balaban J connectivity index is 1.43. The number of hydrogen-bond acceptors (Lipinski definition) is 3. The lowest BCUT2D eigenvalue weighted by Crippen LogP contribution is -2.50. The molecule has 1 saturated heterocycles. The minimum absolute atomic E-state index is 0.0925. The van der Waals surface area contributed by atoms with Crippen LogP contribution in [0, 0.1) is 11.6 Å². The fourth-order valence-corrected chi connectivity index (χ4v) is 3.27. The molecule has 0 radical (unpaired) electrons. The third-order valence-electron chi connectivity index (χ3n) is 4.84. The molecule has 1 aliphatic heterocycles. The first kappa shape index (κ1) is 18.0. The van der Waals surface area contributed by atoms with Crippen molar-refractivity contribution in [2.24, 2.45) is 0 Å². The van der Waals surface area contributed by atoms with Crippen molar-refractivity contribution in [3.05, 3.63) is 77.5 Å². The topological polar surface area (TPSA) is 53.5 Å². The summed E-state index contributed by atoms with van der Waals surface area (Å²) < 4.78 is 26.4. The number of amides is 2. The van der Waals surface area contributed by atoms with Gasteiger partial charge in [0.1, 0.15) is 5.69 Å². The van der Waals surface area contributed by atoms with E-state index in [2.05, 4.69) is 4.98 Å². The number of carbonyl (C=O) groups excluding carboxylic acids is 2. The van der Waals surface area contributed by atoms with E-state index in [1.165, 1.54) is 11.0 Å². The van der Waals surface area contributed by atoms with Crippen LogP contribution in [0.2, 0.25) is 0 Å². The van der Waals surface area contributed by atoms with Crippen LogP contribution in [0.5, 0.6) is 0 Å². The Morgan fingerprint density at radius 2 is 1.46 bits per heavy atom. The molecule has 142 valence electrons. The van der Waals surface area contributed by atoms with Gasteiger partial charge in [-0.25, -0.2) is 13.8 Å². The van der Waals surface area contributed by atoms with E-state index in [4.69, 9.17) is 0 Å². The highest BCUT2D eigenvalue weighted by atomic mass is 19.2. The zero-order valence-electron chi connectivity index (χ0n) is 14.9. The average Bonchev–Trinajstić information content (AvgIpc) is 2.74. The SMILES string of the molecule is O=C(c1ccc(F)c(F)c1)N1CCN(C(=O)c2ccc3ccccc3n2)CC1. The van der Waals surface area contributed by atoms with E-state index in [0.29, 0.717) is 31.9 Å². The Labute approximate surface area is 160 Å². The summed E-state index contributed by atoms with van der Waals surface area (Å²) in [5, 5.41) is 0.959. The highest BCUT2D eigenvalue weighted by molar-refractivity contribution is 5.96. The van der Waals surface area contributed by atoms with Crippen molar-refractivity contribution >= 4 is 22.7 Å². The van der Waals surface area contributed by atoms with Crippen LogP contribution >= 0.6 is 0 Å². The van der Waals surface area contributed by atoms with Crippen LogP contribution in [0.1, 0.15) is 20.8 Å². The van der Waals surface area contributed by atoms with Gasteiger partial charge in [0.25, 0.3) is 11.8 Å². The molecule has 1 aliphatic rings. The molecule has 0 atom stereocenters. The highest BCUT2D eigenvalue weighted by Gasteiger charge is 2.26. The quantitative estimate of drug-likeness (QED) is 0.685. The number of piperazine rings is 1. The van der Waals surface area contributed by atoms with Gasteiger partial charge < -0.3 is 9.80 Å². The predicted molar refractivity (Wildman–Crippen MR) is 99.9 cm³/mol. The van der Waals surface area contributed by atoms with Gasteiger partial charge >= 0.3 is 0 Å². The Morgan fingerprint density at radius 1 is 0.786 bits per heavy atom. The maximum Gasteiger partial charge on any atom is 0.272 e.